The molecule has 3 rings (SSSR count). The van der Waals surface area contributed by atoms with E-state index in [2.05, 4.69) is 26.1 Å². The second-order valence-corrected chi connectivity index (χ2v) is 8.83. The molecule has 0 spiro atoms. The van der Waals surface area contributed by atoms with Gasteiger partial charge >= 0.3 is 0 Å². The first kappa shape index (κ1) is 25.3. The number of rotatable bonds is 10. The summed E-state index contributed by atoms with van der Waals surface area (Å²) in [6, 6.07) is -0.690. The average Bonchev–Trinajstić information content (AvgIpc) is 3.28. The standard InChI is InChI=1S/C22H32FN7O4/c1-14-24-19(26-17-9-5-6-10-29(2)22(17)33)18(23)20(25-14)27-28-21(32)16(12-30(34)13-31)11-15-7-3-4-8-15/h5-6,13,15-17,34H,3-4,7-12H2,1-2H3,(H,28,32)(H2,24,25,26,27)/t16?,17-/m0/s1. The molecule has 1 unspecified atom stereocenters. The number of likely N-dealkylation sites (N-methyl/N-ethyl adjacent to an activating group) is 1. The maximum Gasteiger partial charge on any atom is 0.245 e. The first-order chi connectivity index (χ1) is 16.3. The molecule has 0 saturated heterocycles. The largest absolute Gasteiger partial charge is 0.356 e. The summed E-state index contributed by atoms with van der Waals surface area (Å²) in [4.78, 5) is 45.8. The molecule has 11 nitrogen and oxygen atoms in total. The van der Waals surface area contributed by atoms with E-state index in [0.29, 0.717) is 30.4 Å². The summed E-state index contributed by atoms with van der Waals surface area (Å²) in [6.45, 7) is 1.87. The van der Waals surface area contributed by atoms with E-state index in [1.54, 1.807) is 14.0 Å². The molecule has 4 N–H and O–H groups in total. The number of hydrazine groups is 1. The molecule has 1 aromatic heterocycles. The highest BCUT2D eigenvalue weighted by atomic mass is 19.1. The Morgan fingerprint density at radius 3 is 2.74 bits per heavy atom. The fourth-order valence-electron chi connectivity index (χ4n) is 4.35. The van der Waals surface area contributed by atoms with Crippen molar-refractivity contribution in [3.05, 3.63) is 23.8 Å². The third kappa shape index (κ3) is 6.62. The van der Waals surface area contributed by atoms with Crippen molar-refractivity contribution in [1.29, 1.82) is 0 Å². The van der Waals surface area contributed by atoms with E-state index in [1.807, 2.05) is 12.2 Å². The van der Waals surface area contributed by atoms with Crippen LogP contribution in [-0.4, -0.2) is 69.5 Å². The molecule has 34 heavy (non-hydrogen) atoms. The third-order valence-electron chi connectivity index (χ3n) is 6.16. The molecule has 1 aliphatic heterocycles. The second-order valence-electron chi connectivity index (χ2n) is 8.83. The van der Waals surface area contributed by atoms with E-state index < -0.39 is 23.7 Å². The third-order valence-corrected chi connectivity index (χ3v) is 6.16. The summed E-state index contributed by atoms with van der Waals surface area (Å²) in [5.41, 5.74) is 4.94. The van der Waals surface area contributed by atoms with Gasteiger partial charge in [-0.05, 0) is 25.7 Å². The summed E-state index contributed by atoms with van der Waals surface area (Å²) in [5.74, 6) is -2.07. The van der Waals surface area contributed by atoms with Crippen LogP contribution in [0.3, 0.4) is 0 Å². The minimum absolute atomic E-state index is 0.156. The normalized spacial score (nSPS) is 19.5. The van der Waals surface area contributed by atoms with E-state index in [1.165, 1.54) is 4.90 Å². The van der Waals surface area contributed by atoms with Gasteiger partial charge in [-0.2, -0.15) is 4.39 Å². The number of hydroxylamine groups is 2. The number of nitrogens with zero attached hydrogens (tertiary/aromatic N) is 4. The maximum atomic E-state index is 15.1. The smallest absolute Gasteiger partial charge is 0.245 e. The summed E-state index contributed by atoms with van der Waals surface area (Å²) < 4.78 is 15.1. The second kappa shape index (κ2) is 11.7. The zero-order valence-corrected chi connectivity index (χ0v) is 19.5. The van der Waals surface area contributed by atoms with Gasteiger partial charge in [0.05, 0.1) is 12.5 Å². The lowest BCUT2D eigenvalue weighted by Crippen LogP contribution is -2.41. The van der Waals surface area contributed by atoms with Crippen molar-refractivity contribution in [2.45, 2.75) is 51.5 Å². The number of aryl methyl sites for hydroxylation is 1. The van der Waals surface area contributed by atoms with Gasteiger partial charge in [-0.1, -0.05) is 37.8 Å². The van der Waals surface area contributed by atoms with Crippen molar-refractivity contribution in [2.75, 3.05) is 30.9 Å². The number of halogens is 1. The lowest BCUT2D eigenvalue weighted by atomic mass is 9.92. The molecule has 1 fully saturated rings. The molecule has 1 saturated carbocycles. The fraction of sp³-hybridized carbons (Fsp3) is 0.591. The van der Waals surface area contributed by atoms with Gasteiger partial charge in [0, 0.05) is 13.6 Å². The molecule has 2 aliphatic rings. The van der Waals surface area contributed by atoms with Crippen LogP contribution in [0.5, 0.6) is 0 Å². The quantitative estimate of drug-likeness (QED) is 0.172. The maximum absolute atomic E-state index is 15.1. The lowest BCUT2D eigenvalue weighted by Gasteiger charge is -2.23. The minimum Gasteiger partial charge on any atom is -0.356 e. The van der Waals surface area contributed by atoms with Gasteiger partial charge in [-0.25, -0.2) is 15.0 Å². The van der Waals surface area contributed by atoms with Gasteiger partial charge < -0.3 is 10.2 Å². The summed E-state index contributed by atoms with van der Waals surface area (Å²) in [5, 5.41) is 12.9. The molecule has 12 heteroatoms. The molecule has 1 aliphatic carbocycles. The zero-order valence-electron chi connectivity index (χ0n) is 19.5. The van der Waals surface area contributed by atoms with Crippen LogP contribution < -0.4 is 16.2 Å². The molecule has 186 valence electrons. The Balaban J connectivity index is 1.69. The number of amides is 3. The molecular weight excluding hydrogens is 445 g/mol. The van der Waals surface area contributed by atoms with E-state index in [9.17, 15) is 19.6 Å². The predicted molar refractivity (Wildman–Crippen MR) is 122 cm³/mol. The molecule has 2 heterocycles. The van der Waals surface area contributed by atoms with Crippen molar-refractivity contribution in [3.63, 3.8) is 0 Å². The van der Waals surface area contributed by atoms with Crippen molar-refractivity contribution in [3.8, 4) is 0 Å². The molecule has 0 aromatic carbocycles. The molecule has 3 amide bonds. The minimum atomic E-state index is -0.849. The van der Waals surface area contributed by atoms with Crippen LogP contribution in [0.25, 0.3) is 0 Å². The van der Waals surface area contributed by atoms with Crippen molar-refractivity contribution in [1.82, 2.24) is 25.4 Å². The van der Waals surface area contributed by atoms with E-state index >= 15 is 4.39 Å². The van der Waals surface area contributed by atoms with Crippen LogP contribution in [0.15, 0.2) is 12.2 Å². The molecule has 0 bridgehead atoms. The van der Waals surface area contributed by atoms with Crippen LogP contribution in [0.4, 0.5) is 16.0 Å². The van der Waals surface area contributed by atoms with Crippen LogP contribution >= 0.6 is 0 Å². The molecular formula is C22H32FN7O4. The fourth-order valence-corrected chi connectivity index (χ4v) is 4.35. The number of aromatic nitrogens is 2. The van der Waals surface area contributed by atoms with Crippen LogP contribution in [0.2, 0.25) is 0 Å². The molecule has 0 radical (unpaired) electrons. The number of nitrogens with one attached hydrogen (secondary N) is 3. The Hall–Kier alpha value is -3.28. The summed E-state index contributed by atoms with van der Waals surface area (Å²) >= 11 is 0. The van der Waals surface area contributed by atoms with E-state index in [-0.39, 0.29) is 36.3 Å². The first-order valence-electron chi connectivity index (χ1n) is 11.5. The molecule has 2 atom stereocenters. The monoisotopic (exact) mass is 477 g/mol. The zero-order chi connectivity index (χ0) is 24.7. The van der Waals surface area contributed by atoms with Gasteiger partial charge in [0.1, 0.15) is 11.9 Å². The predicted octanol–water partition coefficient (Wildman–Crippen LogP) is 1.61. The van der Waals surface area contributed by atoms with E-state index in [4.69, 9.17) is 0 Å². The van der Waals surface area contributed by atoms with Crippen molar-refractivity contribution in [2.24, 2.45) is 11.8 Å². The molecule has 1 aromatic rings. The number of carbonyl (C=O) groups is 3. The summed E-state index contributed by atoms with van der Waals surface area (Å²) in [7, 11) is 1.66. The Morgan fingerprint density at radius 2 is 2.03 bits per heavy atom. The highest BCUT2D eigenvalue weighted by Crippen LogP contribution is 2.30. The Bertz CT molecular complexity index is 923. The van der Waals surface area contributed by atoms with Crippen LogP contribution in [0, 0.1) is 24.6 Å². The van der Waals surface area contributed by atoms with Gasteiger partial charge in [0.25, 0.3) is 0 Å². The first-order valence-corrected chi connectivity index (χ1v) is 11.5. The Labute approximate surface area is 197 Å². The number of hydrogen-bond acceptors (Lipinski definition) is 8. The highest BCUT2D eigenvalue weighted by Gasteiger charge is 2.28. The van der Waals surface area contributed by atoms with Gasteiger partial charge in [-0.15, -0.1) is 0 Å². The van der Waals surface area contributed by atoms with Crippen molar-refractivity contribution >= 4 is 29.9 Å². The van der Waals surface area contributed by atoms with Crippen LogP contribution in [0.1, 0.15) is 44.3 Å². The SMILES string of the molecule is Cc1nc(NNC(=O)C(CC2CCCC2)CN(O)C=O)c(F)c(N[C@H]2CC=CCN(C)C2=O)n1. The number of anilines is 2. The number of hydrogen-bond donors (Lipinski definition) is 4. The van der Waals surface area contributed by atoms with Crippen LogP contribution in [-0.2, 0) is 14.4 Å². The lowest BCUT2D eigenvalue weighted by molar-refractivity contribution is -0.154. The van der Waals surface area contributed by atoms with Crippen molar-refractivity contribution < 1.29 is 24.0 Å². The average molecular weight is 478 g/mol. The van der Waals surface area contributed by atoms with Gasteiger partial charge in [0.15, 0.2) is 11.6 Å². The van der Waals surface area contributed by atoms with Gasteiger partial charge in [-0.3, -0.25) is 30.4 Å². The van der Waals surface area contributed by atoms with Gasteiger partial charge in [0.2, 0.25) is 24.0 Å². The Kier molecular flexibility index (Phi) is 8.74. The number of carbonyl (C=O) groups excluding carboxylic acids is 3. The topological polar surface area (TPSA) is 140 Å². The Morgan fingerprint density at radius 1 is 1.32 bits per heavy atom. The highest BCUT2D eigenvalue weighted by molar-refractivity contribution is 5.85. The van der Waals surface area contributed by atoms with E-state index in [0.717, 1.165) is 25.7 Å². The summed E-state index contributed by atoms with van der Waals surface area (Å²) in [6.07, 6.45) is 8.99.